The van der Waals surface area contributed by atoms with E-state index < -0.39 is 17.9 Å². The van der Waals surface area contributed by atoms with Crippen LogP contribution in [0.4, 0.5) is 13.2 Å². The van der Waals surface area contributed by atoms with E-state index in [1.54, 1.807) is 12.1 Å². The van der Waals surface area contributed by atoms with Crippen LogP contribution in [0.3, 0.4) is 0 Å². The van der Waals surface area contributed by atoms with Gasteiger partial charge in [-0.2, -0.15) is 13.2 Å². The standard InChI is InChI=1S/C31H35F3N2O3S2/c1-29(2)14-24-15-30(3,19-29)20-36(24)41-35(17-25-11-12-27(39-25)31(32,33)34)16-21-7-9-22(10-8-21)23-5-4-6-26(13-23)40-18-28(37)38/h4-13,24H,14-20H2,1-3H3,(H,37,38). The maximum atomic E-state index is 13.2. The van der Waals surface area contributed by atoms with Crippen molar-refractivity contribution >= 4 is 29.9 Å². The largest absolute Gasteiger partial charge is 0.481 e. The minimum atomic E-state index is -4.51. The number of thioether (sulfide) groups is 1. The highest BCUT2D eigenvalue weighted by Crippen LogP contribution is 2.54. The second kappa shape index (κ2) is 11.7. The number of aliphatic carboxylic acids is 1. The number of hydrogen-bond donors (Lipinski definition) is 1. The van der Waals surface area contributed by atoms with Crippen molar-refractivity contribution < 1.29 is 27.5 Å². The Morgan fingerprint density at radius 1 is 1.05 bits per heavy atom. The third-order valence-corrected chi connectivity index (χ3v) is 9.81. The van der Waals surface area contributed by atoms with Crippen LogP contribution in [-0.2, 0) is 24.1 Å². The first-order chi connectivity index (χ1) is 19.3. The summed E-state index contributed by atoms with van der Waals surface area (Å²) in [4.78, 5) is 11.8. The lowest BCUT2D eigenvalue weighted by atomic mass is 9.65. The number of fused-ring (bicyclic) bond motifs is 2. The molecule has 1 aliphatic carbocycles. The van der Waals surface area contributed by atoms with Crippen LogP contribution in [0.25, 0.3) is 11.1 Å². The smallest absolute Gasteiger partial charge is 0.449 e. The fourth-order valence-electron chi connectivity index (χ4n) is 6.47. The molecule has 2 bridgehead atoms. The van der Waals surface area contributed by atoms with Crippen LogP contribution in [0.1, 0.15) is 57.1 Å². The van der Waals surface area contributed by atoms with Crippen LogP contribution < -0.4 is 0 Å². The Morgan fingerprint density at radius 2 is 1.80 bits per heavy atom. The fourth-order valence-corrected chi connectivity index (χ4v) is 8.49. The van der Waals surface area contributed by atoms with Crippen LogP contribution in [0.15, 0.2) is 70.0 Å². The lowest BCUT2D eigenvalue weighted by Gasteiger charge is -2.39. The first kappa shape index (κ1) is 30.1. The fraction of sp³-hybridized carbons (Fsp3) is 0.452. The van der Waals surface area contributed by atoms with Gasteiger partial charge in [0.05, 0.1) is 12.3 Å². The molecule has 1 saturated heterocycles. The first-order valence-corrected chi connectivity index (χ1v) is 15.4. The molecule has 3 aromatic rings. The predicted octanol–water partition coefficient (Wildman–Crippen LogP) is 8.61. The average Bonchev–Trinajstić information content (AvgIpc) is 3.44. The topological polar surface area (TPSA) is 56.9 Å². The molecule has 1 aliphatic heterocycles. The number of carboxylic acids is 1. The second-order valence-electron chi connectivity index (χ2n) is 12.3. The molecule has 1 saturated carbocycles. The Bertz CT molecular complexity index is 1380. The summed E-state index contributed by atoms with van der Waals surface area (Å²) < 4.78 is 49.3. The quantitative estimate of drug-likeness (QED) is 0.184. The summed E-state index contributed by atoms with van der Waals surface area (Å²) in [5, 5.41) is 8.98. The van der Waals surface area contributed by atoms with Crippen molar-refractivity contribution in [2.45, 2.75) is 70.2 Å². The molecule has 2 heterocycles. The molecule has 2 aliphatic rings. The van der Waals surface area contributed by atoms with Gasteiger partial charge in [0, 0.05) is 36.2 Å². The Hall–Kier alpha value is -2.40. The van der Waals surface area contributed by atoms with Gasteiger partial charge in [-0.05, 0) is 71.0 Å². The molecule has 220 valence electrons. The van der Waals surface area contributed by atoms with Gasteiger partial charge in [0.1, 0.15) is 5.76 Å². The zero-order valence-corrected chi connectivity index (χ0v) is 25.0. The molecule has 0 amide bonds. The second-order valence-corrected chi connectivity index (χ2v) is 14.5. The Balaban J connectivity index is 1.33. The molecule has 2 aromatic carbocycles. The van der Waals surface area contributed by atoms with Crippen molar-refractivity contribution in [2.75, 3.05) is 12.3 Å². The van der Waals surface area contributed by atoms with Gasteiger partial charge < -0.3 is 9.52 Å². The van der Waals surface area contributed by atoms with Crippen molar-refractivity contribution in [3.63, 3.8) is 0 Å². The highest BCUT2D eigenvalue weighted by Gasteiger charge is 2.50. The zero-order valence-electron chi connectivity index (χ0n) is 23.4. The minimum absolute atomic E-state index is 0.00451. The molecule has 5 rings (SSSR count). The number of carbonyl (C=O) groups is 1. The monoisotopic (exact) mass is 604 g/mol. The van der Waals surface area contributed by atoms with Gasteiger partial charge in [0.25, 0.3) is 0 Å². The summed E-state index contributed by atoms with van der Waals surface area (Å²) in [5.74, 6) is -1.54. The van der Waals surface area contributed by atoms with E-state index in [0.29, 0.717) is 12.6 Å². The van der Waals surface area contributed by atoms with Gasteiger partial charge in [-0.1, -0.05) is 57.2 Å². The van der Waals surface area contributed by atoms with E-state index in [2.05, 4.69) is 29.4 Å². The number of hydrogen-bond acceptors (Lipinski definition) is 6. The normalized spacial score (nSPS) is 22.4. The number of alkyl halides is 3. The van der Waals surface area contributed by atoms with Crippen molar-refractivity contribution in [2.24, 2.45) is 10.8 Å². The summed E-state index contributed by atoms with van der Waals surface area (Å²) in [7, 11) is 0. The summed E-state index contributed by atoms with van der Waals surface area (Å²) in [6.07, 6.45) is -1.12. The highest BCUT2D eigenvalue weighted by atomic mass is 32.2. The van der Waals surface area contributed by atoms with Gasteiger partial charge in [0.2, 0.25) is 5.76 Å². The Kier molecular flexibility index (Phi) is 8.58. The van der Waals surface area contributed by atoms with E-state index in [1.165, 1.54) is 17.8 Å². The van der Waals surface area contributed by atoms with E-state index in [4.69, 9.17) is 9.52 Å². The summed E-state index contributed by atoms with van der Waals surface area (Å²) in [5.41, 5.74) is 3.54. The number of carboxylic acid groups (broad SMARTS) is 1. The molecule has 41 heavy (non-hydrogen) atoms. The maximum absolute atomic E-state index is 13.2. The molecule has 0 spiro atoms. The van der Waals surface area contributed by atoms with Crippen LogP contribution >= 0.6 is 23.9 Å². The predicted molar refractivity (Wildman–Crippen MR) is 157 cm³/mol. The van der Waals surface area contributed by atoms with Crippen molar-refractivity contribution in [1.82, 2.24) is 8.61 Å². The van der Waals surface area contributed by atoms with E-state index in [1.807, 2.05) is 48.5 Å². The third-order valence-electron chi connectivity index (χ3n) is 7.70. The number of nitrogens with zero attached hydrogens (tertiary/aromatic N) is 2. The van der Waals surface area contributed by atoms with E-state index in [0.717, 1.165) is 53.5 Å². The van der Waals surface area contributed by atoms with E-state index >= 15 is 0 Å². The Labute approximate surface area is 247 Å². The number of halogens is 3. The van der Waals surface area contributed by atoms with Gasteiger partial charge in [-0.25, -0.2) is 8.61 Å². The number of rotatable bonds is 10. The summed E-state index contributed by atoms with van der Waals surface area (Å²) in [6, 6.07) is 18.8. The molecular formula is C31H35F3N2O3S2. The van der Waals surface area contributed by atoms with Crippen molar-refractivity contribution in [1.29, 1.82) is 0 Å². The lowest BCUT2D eigenvalue weighted by Crippen LogP contribution is -2.34. The number of furan rings is 1. The zero-order chi connectivity index (χ0) is 29.4. The molecule has 10 heteroatoms. The third kappa shape index (κ3) is 7.71. The van der Waals surface area contributed by atoms with Gasteiger partial charge >= 0.3 is 12.1 Å². The molecule has 2 atom stereocenters. The van der Waals surface area contributed by atoms with Crippen LogP contribution in [0.2, 0.25) is 0 Å². The molecule has 2 fully saturated rings. The van der Waals surface area contributed by atoms with E-state index in [9.17, 15) is 18.0 Å². The van der Waals surface area contributed by atoms with Crippen LogP contribution in [-0.4, -0.2) is 38.0 Å². The van der Waals surface area contributed by atoms with E-state index in [-0.39, 0.29) is 28.9 Å². The molecule has 1 N–H and O–H groups in total. The van der Waals surface area contributed by atoms with Crippen molar-refractivity contribution in [3.05, 3.63) is 77.7 Å². The summed E-state index contributed by atoms with van der Waals surface area (Å²) >= 11 is 2.90. The molecule has 2 unspecified atom stereocenters. The van der Waals surface area contributed by atoms with Gasteiger partial charge in [-0.15, -0.1) is 11.8 Å². The molecule has 5 nitrogen and oxygen atoms in total. The first-order valence-electron chi connectivity index (χ1n) is 13.7. The van der Waals surface area contributed by atoms with Crippen molar-refractivity contribution in [3.8, 4) is 11.1 Å². The SMILES string of the molecule is CC1(C)CC2CC(C)(CN2SN(Cc2ccc(-c3cccc(SCC(=O)O)c3)cc2)Cc2ccc(C(F)(F)F)o2)C1. The van der Waals surface area contributed by atoms with Crippen LogP contribution in [0.5, 0.6) is 0 Å². The lowest BCUT2D eigenvalue weighted by molar-refractivity contribution is -0.153. The molecule has 1 aromatic heterocycles. The average molecular weight is 605 g/mol. The molecular weight excluding hydrogens is 569 g/mol. The maximum Gasteiger partial charge on any atom is 0.449 e. The van der Waals surface area contributed by atoms with Crippen LogP contribution in [0, 0.1) is 10.8 Å². The highest BCUT2D eigenvalue weighted by molar-refractivity contribution is 8.00. The number of benzene rings is 2. The molecule has 0 radical (unpaired) electrons. The summed E-state index contributed by atoms with van der Waals surface area (Å²) in [6.45, 7) is 8.73. The van der Waals surface area contributed by atoms with Gasteiger partial charge in [-0.3, -0.25) is 4.79 Å². The minimum Gasteiger partial charge on any atom is -0.481 e. The van der Waals surface area contributed by atoms with Gasteiger partial charge in [0.15, 0.2) is 0 Å². The Morgan fingerprint density at radius 3 is 2.49 bits per heavy atom.